The van der Waals surface area contributed by atoms with Crippen LogP contribution < -0.4 is 5.32 Å². The zero-order chi connectivity index (χ0) is 14.6. The molecule has 0 radical (unpaired) electrons. The van der Waals surface area contributed by atoms with E-state index in [2.05, 4.69) is 37.1 Å². The molecule has 2 atom stereocenters. The summed E-state index contributed by atoms with van der Waals surface area (Å²) in [5, 5.41) is 13.4. The molecule has 2 aliphatic rings. The van der Waals surface area contributed by atoms with Gasteiger partial charge >= 0.3 is 0 Å². The molecule has 0 saturated heterocycles. The highest BCUT2D eigenvalue weighted by Crippen LogP contribution is 2.40. The lowest BCUT2D eigenvalue weighted by atomic mass is 9.85. The molecule has 3 heteroatoms. The summed E-state index contributed by atoms with van der Waals surface area (Å²) in [7, 11) is 0. The Balaban J connectivity index is 1.91. The number of nitrogens with zero attached hydrogens (tertiary/aromatic N) is 2. The summed E-state index contributed by atoms with van der Waals surface area (Å²) in [4.78, 5) is 2.57. The van der Waals surface area contributed by atoms with E-state index in [1.807, 2.05) is 0 Å². The lowest BCUT2D eigenvalue weighted by molar-refractivity contribution is 0.188. The van der Waals surface area contributed by atoms with Crippen LogP contribution in [-0.2, 0) is 0 Å². The summed E-state index contributed by atoms with van der Waals surface area (Å²) in [6.07, 6.45) is 8.42. The van der Waals surface area contributed by atoms with Crippen molar-refractivity contribution in [1.82, 2.24) is 10.2 Å². The molecule has 1 N–H and O–H groups in total. The second-order valence-electron chi connectivity index (χ2n) is 7.01. The molecule has 2 aliphatic carbocycles. The van der Waals surface area contributed by atoms with Crippen molar-refractivity contribution in [3.05, 3.63) is 0 Å². The van der Waals surface area contributed by atoms with Gasteiger partial charge in [0.05, 0.1) is 6.07 Å². The molecule has 20 heavy (non-hydrogen) atoms. The van der Waals surface area contributed by atoms with E-state index in [0.29, 0.717) is 18.0 Å². The van der Waals surface area contributed by atoms with Gasteiger partial charge in [0.25, 0.3) is 0 Å². The number of nitriles is 1. The monoisotopic (exact) mass is 277 g/mol. The molecule has 0 aromatic rings. The minimum absolute atomic E-state index is 0.212. The Labute approximate surface area is 124 Å². The fourth-order valence-electron chi connectivity index (χ4n) is 3.67. The average Bonchev–Trinajstić information content (AvgIpc) is 3.14. The van der Waals surface area contributed by atoms with E-state index >= 15 is 0 Å². The molecule has 0 aromatic carbocycles. The smallest absolute Gasteiger partial charge is 0.109 e. The second kappa shape index (κ2) is 6.91. The van der Waals surface area contributed by atoms with Gasteiger partial charge in [0.15, 0.2) is 0 Å². The van der Waals surface area contributed by atoms with Crippen LogP contribution in [0.5, 0.6) is 0 Å². The minimum atomic E-state index is -0.212. The van der Waals surface area contributed by atoms with Crippen molar-refractivity contribution >= 4 is 0 Å². The summed E-state index contributed by atoms with van der Waals surface area (Å²) in [5.74, 6) is 0.547. The maximum atomic E-state index is 9.72. The zero-order valence-electron chi connectivity index (χ0n) is 13.5. The Hall–Kier alpha value is -0.590. The predicted molar refractivity (Wildman–Crippen MR) is 83.5 cm³/mol. The van der Waals surface area contributed by atoms with Gasteiger partial charge in [-0.25, -0.2) is 0 Å². The van der Waals surface area contributed by atoms with Crippen LogP contribution in [0.25, 0.3) is 0 Å². The fourth-order valence-corrected chi connectivity index (χ4v) is 3.67. The van der Waals surface area contributed by atoms with Gasteiger partial charge in [-0.2, -0.15) is 5.26 Å². The van der Waals surface area contributed by atoms with Crippen molar-refractivity contribution in [3.8, 4) is 6.07 Å². The molecule has 0 aliphatic heterocycles. The van der Waals surface area contributed by atoms with Crippen LogP contribution in [0.2, 0.25) is 0 Å². The first-order valence-corrected chi connectivity index (χ1v) is 8.54. The molecule has 2 fully saturated rings. The maximum absolute atomic E-state index is 9.72. The number of hydrogen-bond donors (Lipinski definition) is 1. The van der Waals surface area contributed by atoms with E-state index in [4.69, 9.17) is 0 Å². The van der Waals surface area contributed by atoms with Crippen molar-refractivity contribution in [2.45, 2.75) is 83.3 Å². The molecule has 2 unspecified atom stereocenters. The van der Waals surface area contributed by atoms with Gasteiger partial charge in [-0.15, -0.1) is 0 Å². The molecule has 0 amide bonds. The van der Waals surface area contributed by atoms with Gasteiger partial charge in [-0.1, -0.05) is 13.3 Å². The molecular formula is C17H31N3. The van der Waals surface area contributed by atoms with Gasteiger partial charge in [-0.05, 0) is 71.4 Å². The molecule has 0 spiro atoms. The fraction of sp³-hybridized carbons (Fsp3) is 0.941. The summed E-state index contributed by atoms with van der Waals surface area (Å²) in [6, 6.07) is 3.90. The van der Waals surface area contributed by atoms with E-state index in [-0.39, 0.29) is 5.54 Å². The van der Waals surface area contributed by atoms with Crippen molar-refractivity contribution in [3.63, 3.8) is 0 Å². The zero-order valence-corrected chi connectivity index (χ0v) is 13.5. The van der Waals surface area contributed by atoms with Gasteiger partial charge in [0.2, 0.25) is 0 Å². The summed E-state index contributed by atoms with van der Waals surface area (Å²) in [6.45, 7) is 9.14. The molecular weight excluding hydrogens is 246 g/mol. The molecule has 0 aromatic heterocycles. The van der Waals surface area contributed by atoms with Crippen LogP contribution in [-0.4, -0.2) is 35.6 Å². The molecule has 2 saturated carbocycles. The quantitative estimate of drug-likeness (QED) is 0.740. The first-order chi connectivity index (χ1) is 9.61. The van der Waals surface area contributed by atoms with Crippen LogP contribution in [0.15, 0.2) is 0 Å². The maximum Gasteiger partial charge on any atom is 0.109 e. The van der Waals surface area contributed by atoms with E-state index in [0.717, 1.165) is 13.0 Å². The summed E-state index contributed by atoms with van der Waals surface area (Å²) in [5.41, 5.74) is -0.212. The van der Waals surface area contributed by atoms with Crippen LogP contribution >= 0.6 is 0 Å². The molecule has 0 bridgehead atoms. The van der Waals surface area contributed by atoms with Crippen LogP contribution in [0.4, 0.5) is 0 Å². The third-order valence-electron chi connectivity index (χ3n) is 5.07. The third-order valence-corrected chi connectivity index (χ3v) is 5.07. The molecule has 114 valence electrons. The lowest BCUT2D eigenvalue weighted by Crippen LogP contribution is -2.49. The van der Waals surface area contributed by atoms with Gasteiger partial charge in [0.1, 0.15) is 5.54 Å². The van der Waals surface area contributed by atoms with Crippen molar-refractivity contribution in [2.75, 3.05) is 13.1 Å². The largest absolute Gasteiger partial charge is 0.301 e. The van der Waals surface area contributed by atoms with Crippen LogP contribution in [0.3, 0.4) is 0 Å². The highest BCUT2D eigenvalue weighted by molar-refractivity contribution is 5.16. The van der Waals surface area contributed by atoms with E-state index in [1.54, 1.807) is 0 Å². The van der Waals surface area contributed by atoms with Gasteiger partial charge in [0, 0.05) is 12.1 Å². The first-order valence-electron chi connectivity index (χ1n) is 8.54. The highest BCUT2D eigenvalue weighted by Gasteiger charge is 2.45. The van der Waals surface area contributed by atoms with E-state index < -0.39 is 0 Å². The van der Waals surface area contributed by atoms with Crippen LogP contribution in [0, 0.1) is 17.2 Å². The summed E-state index contributed by atoms with van der Waals surface area (Å²) >= 11 is 0. The van der Waals surface area contributed by atoms with E-state index in [1.165, 1.54) is 45.1 Å². The molecule has 0 heterocycles. The third kappa shape index (κ3) is 3.74. The Morgan fingerprint density at radius 1 is 1.30 bits per heavy atom. The Morgan fingerprint density at radius 3 is 2.60 bits per heavy atom. The standard InChI is InChI=1S/C17H31N3/c1-4-11-20(14(2)3)12-9-15-6-5-10-17(15,13-18)19-16-7-8-16/h14-16,19H,4-12H2,1-3H3. The number of nitrogens with one attached hydrogen (secondary N) is 1. The Morgan fingerprint density at radius 2 is 2.05 bits per heavy atom. The van der Waals surface area contributed by atoms with Gasteiger partial charge in [-0.3, -0.25) is 5.32 Å². The average molecular weight is 277 g/mol. The number of rotatable bonds is 8. The minimum Gasteiger partial charge on any atom is -0.301 e. The van der Waals surface area contributed by atoms with E-state index in [9.17, 15) is 5.26 Å². The number of hydrogen-bond acceptors (Lipinski definition) is 3. The van der Waals surface area contributed by atoms with Crippen molar-refractivity contribution in [1.29, 1.82) is 5.26 Å². The molecule has 2 rings (SSSR count). The summed E-state index contributed by atoms with van der Waals surface area (Å²) < 4.78 is 0. The second-order valence-corrected chi connectivity index (χ2v) is 7.01. The first kappa shape index (κ1) is 15.8. The Bertz CT molecular complexity index is 343. The Kier molecular flexibility index (Phi) is 5.46. The SMILES string of the molecule is CCCN(CCC1CCCC1(C#N)NC1CC1)C(C)C. The topological polar surface area (TPSA) is 39.1 Å². The van der Waals surface area contributed by atoms with Crippen molar-refractivity contribution < 1.29 is 0 Å². The normalized spacial score (nSPS) is 30.1. The van der Waals surface area contributed by atoms with Crippen LogP contribution in [0.1, 0.15) is 65.7 Å². The van der Waals surface area contributed by atoms with Gasteiger partial charge < -0.3 is 4.90 Å². The molecule has 3 nitrogen and oxygen atoms in total. The highest BCUT2D eigenvalue weighted by atomic mass is 15.1. The lowest BCUT2D eigenvalue weighted by Gasteiger charge is -2.33. The van der Waals surface area contributed by atoms with Crippen molar-refractivity contribution in [2.24, 2.45) is 5.92 Å². The predicted octanol–water partition coefficient (Wildman–Crippen LogP) is 3.31.